The standard InChI is InChI=1S/C24H18N4O5/c29-19-9-8-18(22(31)27-19)28-23(32)16-7-3-6-15(20(16)24(28)33)12-26-21(30)17-10-13-4-1-2-5-14(13)11-25-17/h1-7,10-11,18H,8-9,12H2,(H,26,30)(H,27,29,31). The van der Waals surface area contributed by atoms with E-state index in [1.54, 1.807) is 24.4 Å². The fraction of sp³-hybridized carbons (Fsp3) is 0.167. The number of piperidine rings is 1. The second-order valence-electron chi connectivity index (χ2n) is 7.89. The lowest BCUT2D eigenvalue weighted by Crippen LogP contribution is -2.54. The minimum absolute atomic E-state index is 0.00127. The highest BCUT2D eigenvalue weighted by molar-refractivity contribution is 6.24. The van der Waals surface area contributed by atoms with E-state index in [-0.39, 0.29) is 36.2 Å². The Morgan fingerprint density at radius 1 is 1.03 bits per heavy atom. The minimum Gasteiger partial charge on any atom is -0.347 e. The molecule has 2 N–H and O–H groups in total. The Kier molecular flexibility index (Phi) is 4.93. The molecule has 2 aliphatic heterocycles. The molecule has 2 aliphatic rings. The maximum Gasteiger partial charge on any atom is 0.270 e. The van der Waals surface area contributed by atoms with Gasteiger partial charge in [-0.3, -0.25) is 39.2 Å². The zero-order valence-electron chi connectivity index (χ0n) is 17.3. The summed E-state index contributed by atoms with van der Waals surface area (Å²) >= 11 is 0. The molecule has 9 nitrogen and oxygen atoms in total. The van der Waals surface area contributed by atoms with Crippen molar-refractivity contribution in [1.82, 2.24) is 20.5 Å². The van der Waals surface area contributed by atoms with Crippen LogP contribution in [-0.2, 0) is 16.1 Å². The molecule has 0 saturated carbocycles. The molecule has 1 fully saturated rings. The lowest BCUT2D eigenvalue weighted by Gasteiger charge is -2.27. The molecule has 0 aliphatic carbocycles. The Morgan fingerprint density at radius 2 is 1.82 bits per heavy atom. The average Bonchev–Trinajstić information content (AvgIpc) is 3.08. The summed E-state index contributed by atoms with van der Waals surface area (Å²) in [4.78, 5) is 67.5. The minimum atomic E-state index is -1.04. The van der Waals surface area contributed by atoms with Gasteiger partial charge in [-0.15, -0.1) is 0 Å². The van der Waals surface area contributed by atoms with Gasteiger partial charge in [-0.1, -0.05) is 36.4 Å². The summed E-state index contributed by atoms with van der Waals surface area (Å²) in [7, 11) is 0. The molecule has 0 bridgehead atoms. The summed E-state index contributed by atoms with van der Waals surface area (Å²) in [6, 6.07) is 12.9. The number of imide groups is 2. The Labute approximate surface area is 187 Å². The Balaban J connectivity index is 1.37. The monoisotopic (exact) mass is 442 g/mol. The summed E-state index contributed by atoms with van der Waals surface area (Å²) in [5.41, 5.74) is 1.00. The summed E-state index contributed by atoms with van der Waals surface area (Å²) in [5.74, 6) is -2.72. The highest BCUT2D eigenvalue weighted by atomic mass is 16.2. The zero-order chi connectivity index (χ0) is 23.1. The van der Waals surface area contributed by atoms with Gasteiger partial charge in [0.25, 0.3) is 17.7 Å². The number of aromatic nitrogens is 1. The van der Waals surface area contributed by atoms with Gasteiger partial charge in [0, 0.05) is 24.5 Å². The van der Waals surface area contributed by atoms with Crippen LogP contribution in [0.15, 0.2) is 54.7 Å². The van der Waals surface area contributed by atoms with Crippen molar-refractivity contribution in [3.8, 4) is 0 Å². The molecule has 1 aromatic heterocycles. The maximum atomic E-state index is 13.1. The summed E-state index contributed by atoms with van der Waals surface area (Å²) in [6.07, 6.45) is 1.74. The number of carbonyl (C=O) groups excluding carboxylic acids is 5. The van der Waals surface area contributed by atoms with Crippen LogP contribution in [-0.4, -0.2) is 45.5 Å². The molecular formula is C24H18N4O5. The molecular weight excluding hydrogens is 424 g/mol. The second-order valence-corrected chi connectivity index (χ2v) is 7.89. The lowest BCUT2D eigenvalue weighted by molar-refractivity contribution is -0.136. The number of amides is 5. The van der Waals surface area contributed by atoms with Crippen LogP contribution in [0.1, 0.15) is 49.6 Å². The Hall–Kier alpha value is -4.40. The van der Waals surface area contributed by atoms with Crippen molar-refractivity contribution in [3.63, 3.8) is 0 Å². The number of carbonyl (C=O) groups is 5. The molecule has 1 atom stereocenters. The van der Waals surface area contributed by atoms with Crippen molar-refractivity contribution in [2.45, 2.75) is 25.4 Å². The molecule has 0 spiro atoms. The zero-order valence-corrected chi connectivity index (χ0v) is 17.3. The van der Waals surface area contributed by atoms with E-state index in [0.717, 1.165) is 15.7 Å². The van der Waals surface area contributed by atoms with E-state index in [4.69, 9.17) is 0 Å². The van der Waals surface area contributed by atoms with Crippen molar-refractivity contribution >= 4 is 40.3 Å². The molecule has 164 valence electrons. The van der Waals surface area contributed by atoms with Crippen LogP contribution < -0.4 is 10.6 Å². The van der Waals surface area contributed by atoms with Gasteiger partial charge >= 0.3 is 0 Å². The summed E-state index contributed by atoms with van der Waals surface area (Å²) in [5, 5.41) is 6.70. The first kappa shape index (κ1) is 20.5. The first-order valence-electron chi connectivity index (χ1n) is 10.4. The smallest absolute Gasteiger partial charge is 0.270 e. The number of nitrogens with one attached hydrogen (secondary N) is 2. The van der Waals surface area contributed by atoms with Crippen molar-refractivity contribution in [3.05, 3.63) is 77.1 Å². The van der Waals surface area contributed by atoms with E-state index in [0.29, 0.717) is 5.56 Å². The third-order valence-electron chi connectivity index (χ3n) is 5.86. The van der Waals surface area contributed by atoms with E-state index in [2.05, 4.69) is 15.6 Å². The van der Waals surface area contributed by atoms with Crippen LogP contribution in [0, 0.1) is 0 Å². The topological polar surface area (TPSA) is 126 Å². The molecule has 9 heteroatoms. The molecule has 2 aromatic carbocycles. The number of rotatable bonds is 4. The predicted molar refractivity (Wildman–Crippen MR) is 116 cm³/mol. The lowest BCUT2D eigenvalue weighted by atomic mass is 10.0. The third kappa shape index (κ3) is 3.53. The van der Waals surface area contributed by atoms with Gasteiger partial charge in [0.1, 0.15) is 11.7 Å². The highest BCUT2D eigenvalue weighted by Gasteiger charge is 2.45. The third-order valence-corrected chi connectivity index (χ3v) is 5.86. The number of benzene rings is 2. The van der Waals surface area contributed by atoms with Crippen LogP contribution in [0.2, 0.25) is 0 Å². The van der Waals surface area contributed by atoms with E-state index >= 15 is 0 Å². The van der Waals surface area contributed by atoms with E-state index in [9.17, 15) is 24.0 Å². The van der Waals surface area contributed by atoms with Crippen molar-refractivity contribution in [2.75, 3.05) is 0 Å². The highest BCUT2D eigenvalue weighted by Crippen LogP contribution is 2.30. The first-order valence-corrected chi connectivity index (χ1v) is 10.4. The fourth-order valence-electron chi connectivity index (χ4n) is 4.21. The van der Waals surface area contributed by atoms with Crippen molar-refractivity contribution in [2.24, 2.45) is 0 Å². The maximum absolute atomic E-state index is 13.1. The molecule has 3 aromatic rings. The van der Waals surface area contributed by atoms with Gasteiger partial charge in [0.15, 0.2) is 0 Å². The van der Waals surface area contributed by atoms with E-state index < -0.39 is 35.6 Å². The quantitative estimate of drug-likeness (QED) is 0.591. The fourth-order valence-corrected chi connectivity index (χ4v) is 4.21. The molecule has 3 heterocycles. The van der Waals surface area contributed by atoms with E-state index in [1.807, 2.05) is 24.3 Å². The molecule has 0 radical (unpaired) electrons. The van der Waals surface area contributed by atoms with Gasteiger partial charge < -0.3 is 5.32 Å². The molecule has 5 amide bonds. The number of nitrogens with zero attached hydrogens (tertiary/aromatic N) is 2. The summed E-state index contributed by atoms with van der Waals surface area (Å²) < 4.78 is 0. The number of hydrogen-bond acceptors (Lipinski definition) is 6. The van der Waals surface area contributed by atoms with Crippen molar-refractivity contribution in [1.29, 1.82) is 0 Å². The largest absolute Gasteiger partial charge is 0.347 e. The van der Waals surface area contributed by atoms with Crippen LogP contribution >= 0.6 is 0 Å². The number of hydrogen-bond donors (Lipinski definition) is 2. The first-order chi connectivity index (χ1) is 15.9. The number of pyridine rings is 1. The van der Waals surface area contributed by atoms with Crippen LogP contribution in [0.3, 0.4) is 0 Å². The Morgan fingerprint density at radius 3 is 2.61 bits per heavy atom. The molecule has 5 rings (SSSR count). The van der Waals surface area contributed by atoms with Crippen LogP contribution in [0.4, 0.5) is 0 Å². The molecule has 33 heavy (non-hydrogen) atoms. The molecule has 1 unspecified atom stereocenters. The normalized spacial score (nSPS) is 17.8. The average molecular weight is 442 g/mol. The van der Waals surface area contributed by atoms with Gasteiger partial charge in [-0.05, 0) is 29.5 Å². The van der Waals surface area contributed by atoms with Gasteiger partial charge in [0.05, 0.1) is 11.1 Å². The Bertz CT molecular complexity index is 1370. The SMILES string of the molecule is O=C1CCC(N2C(=O)c3cccc(CNC(=O)c4cc5ccccc5cn4)c3C2=O)C(=O)N1. The van der Waals surface area contributed by atoms with Crippen LogP contribution in [0.5, 0.6) is 0 Å². The van der Waals surface area contributed by atoms with Crippen LogP contribution in [0.25, 0.3) is 10.8 Å². The predicted octanol–water partition coefficient (Wildman–Crippen LogP) is 1.57. The van der Waals surface area contributed by atoms with Gasteiger partial charge in [-0.25, -0.2) is 0 Å². The summed E-state index contributed by atoms with van der Waals surface area (Å²) in [6.45, 7) is -0.00127. The van der Waals surface area contributed by atoms with E-state index in [1.165, 1.54) is 6.07 Å². The van der Waals surface area contributed by atoms with Gasteiger partial charge in [0.2, 0.25) is 11.8 Å². The second kappa shape index (κ2) is 7.94. The number of fused-ring (bicyclic) bond motifs is 2. The van der Waals surface area contributed by atoms with Crippen molar-refractivity contribution < 1.29 is 24.0 Å². The molecule has 1 saturated heterocycles. The van der Waals surface area contributed by atoms with Gasteiger partial charge in [-0.2, -0.15) is 0 Å².